The number of thioether (sulfide) groups is 1. The summed E-state index contributed by atoms with van der Waals surface area (Å²) in [6.07, 6.45) is 4.31. The molecule has 2 unspecified atom stereocenters. The van der Waals surface area contributed by atoms with Crippen LogP contribution in [0, 0.1) is 5.41 Å². The first-order chi connectivity index (χ1) is 7.75. The van der Waals surface area contributed by atoms with Gasteiger partial charge in [0.15, 0.2) is 0 Å². The summed E-state index contributed by atoms with van der Waals surface area (Å²) in [5.74, 6) is 2.54. The van der Waals surface area contributed by atoms with Crippen molar-refractivity contribution in [3.8, 4) is 0 Å². The van der Waals surface area contributed by atoms with Gasteiger partial charge in [-0.15, -0.1) is 0 Å². The van der Waals surface area contributed by atoms with E-state index in [1.54, 1.807) is 0 Å². The minimum absolute atomic E-state index is 0.407. The predicted molar refractivity (Wildman–Crippen MR) is 73.2 cm³/mol. The highest BCUT2D eigenvalue weighted by Gasteiger charge is 2.40. The molecule has 0 radical (unpaired) electrons. The quantitative estimate of drug-likeness (QED) is 0.664. The molecule has 1 fully saturated rings. The summed E-state index contributed by atoms with van der Waals surface area (Å²) in [6, 6.07) is 0. The highest BCUT2D eigenvalue weighted by Crippen LogP contribution is 2.39. The van der Waals surface area contributed by atoms with Gasteiger partial charge in [-0.25, -0.2) is 0 Å². The lowest BCUT2D eigenvalue weighted by atomic mass is 9.77. The SMILES string of the molecule is CCNCC1(CCCSCC)CCOC1C. The standard InChI is InChI=1S/C13H27NOS/c1-4-14-11-13(7-6-10-16-5-2)8-9-15-12(13)3/h12,14H,4-11H2,1-3H3. The second kappa shape index (κ2) is 7.57. The topological polar surface area (TPSA) is 21.3 Å². The minimum Gasteiger partial charge on any atom is -0.378 e. The van der Waals surface area contributed by atoms with Gasteiger partial charge in [-0.3, -0.25) is 0 Å². The molecule has 0 saturated carbocycles. The van der Waals surface area contributed by atoms with Gasteiger partial charge in [0.2, 0.25) is 0 Å². The lowest BCUT2D eigenvalue weighted by molar-refractivity contribution is 0.0585. The summed E-state index contributed by atoms with van der Waals surface area (Å²) in [4.78, 5) is 0. The molecule has 96 valence electrons. The van der Waals surface area contributed by atoms with E-state index in [0.717, 1.165) is 19.7 Å². The summed E-state index contributed by atoms with van der Waals surface area (Å²) < 4.78 is 5.78. The van der Waals surface area contributed by atoms with E-state index in [4.69, 9.17) is 4.74 Å². The monoisotopic (exact) mass is 245 g/mol. The highest BCUT2D eigenvalue weighted by atomic mass is 32.2. The highest BCUT2D eigenvalue weighted by molar-refractivity contribution is 7.99. The second-order valence-electron chi connectivity index (χ2n) is 4.71. The van der Waals surface area contributed by atoms with Gasteiger partial charge >= 0.3 is 0 Å². The molecular weight excluding hydrogens is 218 g/mol. The molecule has 1 heterocycles. The predicted octanol–water partition coefficient (Wildman–Crippen LogP) is 2.92. The van der Waals surface area contributed by atoms with Crippen molar-refractivity contribution < 1.29 is 4.74 Å². The Morgan fingerprint density at radius 1 is 1.44 bits per heavy atom. The van der Waals surface area contributed by atoms with Crippen LogP contribution in [0.15, 0.2) is 0 Å². The fraction of sp³-hybridized carbons (Fsp3) is 1.00. The van der Waals surface area contributed by atoms with E-state index in [1.165, 1.54) is 30.8 Å². The fourth-order valence-corrected chi connectivity index (χ4v) is 3.15. The first-order valence-corrected chi connectivity index (χ1v) is 7.80. The number of ether oxygens (including phenoxy) is 1. The summed E-state index contributed by atoms with van der Waals surface area (Å²) in [6.45, 7) is 9.81. The van der Waals surface area contributed by atoms with Crippen LogP contribution in [-0.2, 0) is 4.74 Å². The lowest BCUT2D eigenvalue weighted by Crippen LogP contribution is -2.39. The zero-order valence-corrected chi connectivity index (χ0v) is 11.9. The Morgan fingerprint density at radius 3 is 2.81 bits per heavy atom. The molecule has 1 saturated heterocycles. The van der Waals surface area contributed by atoms with E-state index >= 15 is 0 Å². The zero-order valence-electron chi connectivity index (χ0n) is 11.1. The van der Waals surface area contributed by atoms with E-state index in [0.29, 0.717) is 11.5 Å². The first-order valence-electron chi connectivity index (χ1n) is 6.65. The van der Waals surface area contributed by atoms with Crippen molar-refractivity contribution in [2.24, 2.45) is 5.41 Å². The molecule has 0 amide bonds. The van der Waals surface area contributed by atoms with Crippen LogP contribution in [0.3, 0.4) is 0 Å². The van der Waals surface area contributed by atoms with Gasteiger partial charge in [0.05, 0.1) is 6.10 Å². The average molecular weight is 245 g/mol. The molecule has 0 bridgehead atoms. The lowest BCUT2D eigenvalue weighted by Gasteiger charge is -2.32. The van der Waals surface area contributed by atoms with Crippen molar-refractivity contribution in [3.05, 3.63) is 0 Å². The van der Waals surface area contributed by atoms with Crippen LogP contribution < -0.4 is 5.32 Å². The minimum atomic E-state index is 0.407. The van der Waals surface area contributed by atoms with Crippen molar-refractivity contribution in [2.75, 3.05) is 31.2 Å². The average Bonchev–Trinajstić information content (AvgIpc) is 2.64. The summed E-state index contributed by atoms with van der Waals surface area (Å²) in [5.41, 5.74) is 0.407. The van der Waals surface area contributed by atoms with E-state index in [-0.39, 0.29) is 0 Å². The van der Waals surface area contributed by atoms with Crippen LogP contribution in [0.25, 0.3) is 0 Å². The zero-order chi connectivity index (χ0) is 11.9. The molecule has 16 heavy (non-hydrogen) atoms. The Kier molecular flexibility index (Phi) is 6.78. The van der Waals surface area contributed by atoms with Crippen molar-refractivity contribution in [1.29, 1.82) is 0 Å². The van der Waals surface area contributed by atoms with Gasteiger partial charge in [0, 0.05) is 18.6 Å². The Balaban J connectivity index is 2.37. The molecule has 0 aromatic rings. The van der Waals surface area contributed by atoms with Gasteiger partial charge in [-0.05, 0) is 44.2 Å². The van der Waals surface area contributed by atoms with Crippen LogP contribution in [0.5, 0.6) is 0 Å². The Labute approximate surface area is 105 Å². The maximum Gasteiger partial charge on any atom is 0.0616 e. The molecule has 0 spiro atoms. The third-order valence-corrected chi connectivity index (χ3v) is 4.71. The van der Waals surface area contributed by atoms with Gasteiger partial charge < -0.3 is 10.1 Å². The van der Waals surface area contributed by atoms with Crippen molar-refractivity contribution in [3.63, 3.8) is 0 Å². The van der Waals surface area contributed by atoms with E-state index in [1.807, 2.05) is 0 Å². The molecule has 1 aliphatic heterocycles. The molecule has 1 aliphatic rings. The molecule has 0 aliphatic carbocycles. The third-order valence-electron chi connectivity index (χ3n) is 3.72. The van der Waals surface area contributed by atoms with Crippen LogP contribution in [-0.4, -0.2) is 37.3 Å². The maximum atomic E-state index is 5.78. The number of hydrogen-bond donors (Lipinski definition) is 1. The Morgan fingerprint density at radius 2 is 2.25 bits per heavy atom. The van der Waals surface area contributed by atoms with Gasteiger partial charge in [-0.2, -0.15) is 11.8 Å². The number of rotatable bonds is 8. The molecule has 1 N–H and O–H groups in total. The first kappa shape index (κ1) is 14.3. The maximum absolute atomic E-state index is 5.78. The molecule has 2 nitrogen and oxygen atoms in total. The van der Waals surface area contributed by atoms with Crippen LogP contribution in [0.4, 0.5) is 0 Å². The molecule has 2 atom stereocenters. The second-order valence-corrected chi connectivity index (χ2v) is 6.10. The normalized spacial score (nSPS) is 29.8. The Bertz CT molecular complexity index is 189. The van der Waals surface area contributed by atoms with E-state index < -0.39 is 0 Å². The number of nitrogens with one attached hydrogen (secondary N) is 1. The largest absolute Gasteiger partial charge is 0.378 e. The fourth-order valence-electron chi connectivity index (χ4n) is 2.51. The van der Waals surface area contributed by atoms with Crippen LogP contribution in [0.1, 0.15) is 40.0 Å². The smallest absolute Gasteiger partial charge is 0.0616 e. The molecule has 0 aromatic heterocycles. The van der Waals surface area contributed by atoms with E-state index in [9.17, 15) is 0 Å². The molecular formula is C13H27NOS. The van der Waals surface area contributed by atoms with Gasteiger partial charge in [0.1, 0.15) is 0 Å². The summed E-state index contributed by atoms with van der Waals surface area (Å²) in [5, 5.41) is 3.52. The summed E-state index contributed by atoms with van der Waals surface area (Å²) >= 11 is 2.05. The van der Waals surface area contributed by atoms with Crippen molar-refractivity contribution in [1.82, 2.24) is 5.32 Å². The van der Waals surface area contributed by atoms with Gasteiger partial charge in [-0.1, -0.05) is 13.8 Å². The molecule has 1 rings (SSSR count). The van der Waals surface area contributed by atoms with Crippen molar-refractivity contribution >= 4 is 11.8 Å². The third kappa shape index (κ3) is 3.94. The molecule has 3 heteroatoms. The molecule has 0 aromatic carbocycles. The number of hydrogen-bond acceptors (Lipinski definition) is 3. The van der Waals surface area contributed by atoms with E-state index in [2.05, 4.69) is 37.8 Å². The van der Waals surface area contributed by atoms with Crippen LogP contribution >= 0.6 is 11.8 Å². The summed E-state index contributed by atoms with van der Waals surface area (Å²) in [7, 11) is 0. The van der Waals surface area contributed by atoms with Crippen LogP contribution in [0.2, 0.25) is 0 Å². The van der Waals surface area contributed by atoms with Gasteiger partial charge in [0.25, 0.3) is 0 Å². The van der Waals surface area contributed by atoms with Crippen molar-refractivity contribution in [2.45, 2.75) is 46.1 Å². The Hall–Kier alpha value is 0.270.